The zero-order valence-corrected chi connectivity index (χ0v) is 15.8. The highest BCUT2D eigenvalue weighted by Crippen LogP contribution is 2.35. The zero-order valence-electron chi connectivity index (χ0n) is 15.0. The van der Waals surface area contributed by atoms with Crippen molar-refractivity contribution in [3.05, 3.63) is 58.2 Å². The third kappa shape index (κ3) is 3.10. The van der Waals surface area contributed by atoms with Crippen molar-refractivity contribution in [2.75, 3.05) is 0 Å². The maximum absolute atomic E-state index is 6.56. The van der Waals surface area contributed by atoms with Crippen LogP contribution in [0.4, 0.5) is 0 Å². The van der Waals surface area contributed by atoms with Crippen molar-refractivity contribution in [1.29, 1.82) is 0 Å². The molecule has 2 heteroatoms. The normalized spacial score (nSPS) is 13.1. The summed E-state index contributed by atoms with van der Waals surface area (Å²) in [6.07, 6.45) is 3.69. The Morgan fingerprint density at radius 3 is 2.46 bits per heavy atom. The molecule has 1 nitrogen and oxygen atoms in total. The Morgan fingerprint density at radius 1 is 0.958 bits per heavy atom. The maximum Gasteiger partial charge on any atom is 0.0491 e. The van der Waals surface area contributed by atoms with E-state index in [1.165, 1.54) is 52.5 Å². The van der Waals surface area contributed by atoms with E-state index in [9.17, 15) is 0 Å². The van der Waals surface area contributed by atoms with Crippen molar-refractivity contribution in [1.82, 2.24) is 4.98 Å². The number of hydrogen-bond acceptors (Lipinski definition) is 0. The minimum Gasteiger partial charge on any atom is -0.358 e. The van der Waals surface area contributed by atoms with E-state index >= 15 is 0 Å². The van der Waals surface area contributed by atoms with Crippen LogP contribution < -0.4 is 0 Å². The number of halogens is 1. The second kappa shape index (κ2) is 7.03. The SMILES string of the molecule is CC.CC(C)c1cc2cc(Cl)c(-c3ccc4c(c3)CCC4)cc2[nH]1. The fraction of sp³-hybridized carbons (Fsp3) is 0.364. The Morgan fingerprint density at radius 2 is 1.71 bits per heavy atom. The second-order valence-electron chi connectivity index (χ2n) is 6.64. The maximum atomic E-state index is 6.56. The summed E-state index contributed by atoms with van der Waals surface area (Å²) >= 11 is 6.56. The summed E-state index contributed by atoms with van der Waals surface area (Å²) in [5.74, 6) is 0.495. The molecule has 1 aromatic heterocycles. The lowest BCUT2D eigenvalue weighted by molar-refractivity contribution is 0.836. The topological polar surface area (TPSA) is 15.8 Å². The number of aromatic amines is 1. The smallest absolute Gasteiger partial charge is 0.0491 e. The van der Waals surface area contributed by atoms with E-state index in [1.54, 1.807) is 0 Å². The third-order valence-corrected chi connectivity index (χ3v) is 5.07. The molecule has 0 amide bonds. The molecule has 1 N–H and O–H groups in total. The Labute approximate surface area is 150 Å². The summed E-state index contributed by atoms with van der Waals surface area (Å²) in [5, 5.41) is 2.03. The van der Waals surface area contributed by atoms with E-state index in [4.69, 9.17) is 11.6 Å². The fourth-order valence-electron chi connectivity index (χ4n) is 3.45. The van der Waals surface area contributed by atoms with Crippen molar-refractivity contribution >= 4 is 22.5 Å². The van der Waals surface area contributed by atoms with Gasteiger partial charge in [-0.05, 0) is 60.1 Å². The molecule has 0 fully saturated rings. The summed E-state index contributed by atoms with van der Waals surface area (Å²) in [4.78, 5) is 3.53. The van der Waals surface area contributed by atoms with Gasteiger partial charge < -0.3 is 4.98 Å². The fourth-order valence-corrected chi connectivity index (χ4v) is 3.73. The largest absolute Gasteiger partial charge is 0.358 e. The van der Waals surface area contributed by atoms with Crippen molar-refractivity contribution in [3.63, 3.8) is 0 Å². The molecule has 126 valence electrons. The number of aromatic nitrogens is 1. The number of rotatable bonds is 2. The van der Waals surface area contributed by atoms with Gasteiger partial charge in [0.2, 0.25) is 0 Å². The van der Waals surface area contributed by atoms with Gasteiger partial charge in [0.1, 0.15) is 0 Å². The van der Waals surface area contributed by atoms with Gasteiger partial charge >= 0.3 is 0 Å². The highest BCUT2D eigenvalue weighted by Gasteiger charge is 2.14. The van der Waals surface area contributed by atoms with E-state index in [0.717, 1.165) is 10.6 Å². The van der Waals surface area contributed by atoms with Crippen molar-refractivity contribution in [2.24, 2.45) is 0 Å². The van der Waals surface area contributed by atoms with Crippen molar-refractivity contribution in [2.45, 2.75) is 52.9 Å². The molecule has 1 aliphatic carbocycles. The first-order valence-corrected chi connectivity index (χ1v) is 9.44. The molecule has 0 atom stereocenters. The van der Waals surface area contributed by atoms with Crippen molar-refractivity contribution < 1.29 is 0 Å². The summed E-state index contributed by atoms with van der Waals surface area (Å²) < 4.78 is 0. The molecule has 1 heterocycles. The lowest BCUT2D eigenvalue weighted by atomic mass is 9.99. The van der Waals surface area contributed by atoms with E-state index in [1.807, 2.05) is 13.8 Å². The molecule has 0 saturated heterocycles. The molecule has 3 aromatic rings. The minimum absolute atomic E-state index is 0.495. The van der Waals surface area contributed by atoms with Crippen molar-refractivity contribution in [3.8, 4) is 11.1 Å². The summed E-state index contributed by atoms with van der Waals surface area (Å²) in [6.45, 7) is 8.40. The Kier molecular flexibility index (Phi) is 5.01. The lowest BCUT2D eigenvalue weighted by Gasteiger charge is -2.08. The van der Waals surface area contributed by atoms with Crippen LogP contribution in [0, 0.1) is 0 Å². The van der Waals surface area contributed by atoms with Gasteiger partial charge in [-0.1, -0.05) is 57.5 Å². The predicted molar refractivity (Wildman–Crippen MR) is 106 cm³/mol. The molecular weight excluding hydrogens is 314 g/mol. The summed E-state index contributed by atoms with van der Waals surface area (Å²) in [7, 11) is 0. The van der Waals surface area contributed by atoms with Gasteiger partial charge in [0.05, 0.1) is 0 Å². The van der Waals surface area contributed by atoms with Crippen LogP contribution in [0.2, 0.25) is 5.02 Å². The Hall–Kier alpha value is -1.73. The van der Waals surface area contributed by atoms with Gasteiger partial charge in [-0.15, -0.1) is 0 Å². The van der Waals surface area contributed by atoms with Gasteiger partial charge in [0.15, 0.2) is 0 Å². The predicted octanol–water partition coefficient (Wildman–Crippen LogP) is 7.13. The monoisotopic (exact) mass is 339 g/mol. The molecule has 0 saturated carbocycles. The molecular formula is C22H26ClN. The van der Waals surface area contributed by atoms with E-state index in [-0.39, 0.29) is 0 Å². The first-order valence-electron chi connectivity index (χ1n) is 9.06. The van der Waals surface area contributed by atoms with E-state index in [2.05, 4.69) is 55.2 Å². The number of hydrogen-bond donors (Lipinski definition) is 1. The Balaban J connectivity index is 0.000000815. The van der Waals surface area contributed by atoms with Crippen LogP contribution in [0.25, 0.3) is 22.0 Å². The summed E-state index contributed by atoms with van der Waals surface area (Å²) in [5.41, 5.74) is 7.78. The zero-order chi connectivity index (χ0) is 17.3. The van der Waals surface area contributed by atoms with Gasteiger partial charge in [-0.2, -0.15) is 0 Å². The van der Waals surface area contributed by atoms with Gasteiger partial charge in [-0.25, -0.2) is 0 Å². The van der Waals surface area contributed by atoms with E-state index in [0.29, 0.717) is 5.92 Å². The van der Waals surface area contributed by atoms with Gasteiger partial charge in [0, 0.05) is 27.2 Å². The number of nitrogens with one attached hydrogen (secondary N) is 1. The third-order valence-electron chi connectivity index (χ3n) is 4.76. The minimum atomic E-state index is 0.495. The molecule has 0 bridgehead atoms. The van der Waals surface area contributed by atoms with Crippen LogP contribution in [0.3, 0.4) is 0 Å². The molecule has 0 spiro atoms. The van der Waals surface area contributed by atoms with Crippen LogP contribution in [-0.4, -0.2) is 4.98 Å². The highest BCUT2D eigenvalue weighted by molar-refractivity contribution is 6.34. The highest BCUT2D eigenvalue weighted by atomic mass is 35.5. The quantitative estimate of drug-likeness (QED) is 0.511. The van der Waals surface area contributed by atoms with Crippen LogP contribution in [0.5, 0.6) is 0 Å². The van der Waals surface area contributed by atoms with Gasteiger partial charge in [-0.3, -0.25) is 0 Å². The average molecular weight is 340 g/mol. The lowest BCUT2D eigenvalue weighted by Crippen LogP contribution is -1.86. The molecule has 0 radical (unpaired) electrons. The van der Waals surface area contributed by atoms with Gasteiger partial charge in [0.25, 0.3) is 0 Å². The molecule has 1 aliphatic rings. The molecule has 0 unspecified atom stereocenters. The van der Waals surface area contributed by atoms with Crippen LogP contribution >= 0.6 is 11.6 Å². The van der Waals surface area contributed by atoms with E-state index < -0.39 is 0 Å². The second-order valence-corrected chi connectivity index (χ2v) is 7.04. The number of H-pyrrole nitrogens is 1. The summed E-state index contributed by atoms with van der Waals surface area (Å²) in [6, 6.07) is 13.3. The first kappa shape index (κ1) is 17.1. The standard InChI is InChI=1S/C20H20ClN.C2H6/c1-12(2)19-10-16-9-18(21)17(11-20(16)22-19)15-7-6-13-4-3-5-14(13)8-15;1-2/h6-12,22H,3-5H2,1-2H3;1-2H3. The molecule has 24 heavy (non-hydrogen) atoms. The molecule has 0 aliphatic heterocycles. The number of aryl methyl sites for hydroxylation is 2. The number of fused-ring (bicyclic) bond motifs is 2. The molecule has 4 rings (SSSR count). The van der Waals surface area contributed by atoms with Crippen LogP contribution in [-0.2, 0) is 12.8 Å². The van der Waals surface area contributed by atoms with Crippen LogP contribution in [0.1, 0.15) is 56.9 Å². The van der Waals surface area contributed by atoms with Crippen LogP contribution in [0.15, 0.2) is 36.4 Å². The average Bonchev–Trinajstić information content (AvgIpc) is 3.21. The first-order chi connectivity index (χ1) is 11.6. The molecule has 2 aromatic carbocycles. The number of benzene rings is 2. The Bertz CT molecular complexity index is 858.